The van der Waals surface area contributed by atoms with E-state index >= 15 is 0 Å². The highest BCUT2D eigenvalue weighted by Crippen LogP contribution is 2.20. The Morgan fingerprint density at radius 1 is 1.14 bits per heavy atom. The number of carbonyl (C=O) groups excluding carboxylic acids is 1. The normalized spacial score (nSPS) is 11.0. The maximum Gasteiger partial charge on any atom is 0.243 e. The number of amides is 1. The molecule has 0 aliphatic carbocycles. The molecule has 2 N–H and O–H groups in total. The number of halogens is 1. The van der Waals surface area contributed by atoms with Crippen molar-refractivity contribution in [1.82, 2.24) is 0 Å². The van der Waals surface area contributed by atoms with E-state index in [0.717, 1.165) is 6.26 Å². The minimum absolute atomic E-state index is 0.00155. The van der Waals surface area contributed by atoms with Gasteiger partial charge in [-0.2, -0.15) is 0 Å². The molecule has 0 aliphatic rings. The number of sulfone groups is 1. The lowest BCUT2D eigenvalue weighted by Crippen LogP contribution is -2.22. The van der Waals surface area contributed by atoms with E-state index in [2.05, 4.69) is 10.6 Å². The molecule has 2 aromatic rings. The predicted octanol–water partition coefficient (Wildman–Crippen LogP) is 2.79. The zero-order chi connectivity index (χ0) is 16.2. The molecule has 0 aromatic heterocycles. The third-order valence-electron chi connectivity index (χ3n) is 2.84. The van der Waals surface area contributed by atoms with Gasteiger partial charge in [-0.25, -0.2) is 8.42 Å². The largest absolute Gasteiger partial charge is 0.376 e. The van der Waals surface area contributed by atoms with Gasteiger partial charge in [0.15, 0.2) is 9.84 Å². The molecule has 0 fully saturated rings. The second-order valence-electron chi connectivity index (χ2n) is 4.68. The topological polar surface area (TPSA) is 75.3 Å². The van der Waals surface area contributed by atoms with Crippen LogP contribution >= 0.6 is 11.6 Å². The smallest absolute Gasteiger partial charge is 0.243 e. The van der Waals surface area contributed by atoms with Crippen LogP contribution in [0.4, 0.5) is 11.4 Å². The van der Waals surface area contributed by atoms with Crippen molar-refractivity contribution in [2.45, 2.75) is 4.90 Å². The van der Waals surface area contributed by atoms with Crippen molar-refractivity contribution in [3.8, 4) is 0 Å². The zero-order valence-corrected chi connectivity index (χ0v) is 13.4. The van der Waals surface area contributed by atoms with E-state index in [4.69, 9.17) is 11.6 Å². The highest BCUT2D eigenvalue weighted by molar-refractivity contribution is 7.90. The van der Waals surface area contributed by atoms with Gasteiger partial charge >= 0.3 is 0 Å². The molecule has 0 atom stereocenters. The molecule has 7 heteroatoms. The Kier molecular flexibility index (Phi) is 5.05. The van der Waals surface area contributed by atoms with Crippen molar-refractivity contribution in [2.75, 3.05) is 23.4 Å². The first kappa shape index (κ1) is 16.3. The third kappa shape index (κ3) is 4.47. The fourth-order valence-corrected chi connectivity index (χ4v) is 2.90. The van der Waals surface area contributed by atoms with E-state index in [-0.39, 0.29) is 23.0 Å². The summed E-state index contributed by atoms with van der Waals surface area (Å²) in [7, 11) is -3.40. The van der Waals surface area contributed by atoms with Gasteiger partial charge in [-0.15, -0.1) is 0 Å². The maximum absolute atomic E-state index is 11.9. The Morgan fingerprint density at radius 2 is 1.86 bits per heavy atom. The summed E-state index contributed by atoms with van der Waals surface area (Å²) >= 11 is 5.85. The van der Waals surface area contributed by atoms with E-state index in [0.29, 0.717) is 10.7 Å². The van der Waals surface area contributed by atoms with E-state index in [1.807, 2.05) is 0 Å². The van der Waals surface area contributed by atoms with Crippen molar-refractivity contribution < 1.29 is 13.2 Å². The minimum atomic E-state index is -3.40. The van der Waals surface area contributed by atoms with Crippen molar-refractivity contribution in [3.63, 3.8) is 0 Å². The molecule has 0 unspecified atom stereocenters. The number of hydrogen-bond donors (Lipinski definition) is 2. The Balaban J connectivity index is 2.04. The van der Waals surface area contributed by atoms with Crippen molar-refractivity contribution in [3.05, 3.63) is 53.6 Å². The molecule has 0 radical (unpaired) electrons. The Hall–Kier alpha value is -2.05. The zero-order valence-electron chi connectivity index (χ0n) is 11.8. The van der Waals surface area contributed by atoms with Crippen molar-refractivity contribution in [1.29, 1.82) is 0 Å². The predicted molar refractivity (Wildman–Crippen MR) is 88.1 cm³/mol. The Bertz CT molecular complexity index is 791. The van der Waals surface area contributed by atoms with Crippen LogP contribution in [-0.4, -0.2) is 27.1 Å². The molecular formula is C15H15ClN2O3S. The molecule has 5 nitrogen and oxygen atoms in total. The summed E-state index contributed by atoms with van der Waals surface area (Å²) in [5, 5.41) is 6.07. The average Bonchev–Trinajstić information content (AvgIpc) is 2.45. The number of rotatable bonds is 5. The standard InChI is InChI=1S/C15H15ClN2O3S/c1-22(20,21)14-8-3-2-7-13(14)18-15(19)10-17-12-6-4-5-11(16)9-12/h2-9,17H,10H2,1H3,(H,18,19). The average molecular weight is 339 g/mol. The van der Waals surface area contributed by atoms with Crippen molar-refractivity contribution in [2.24, 2.45) is 0 Å². The fraction of sp³-hybridized carbons (Fsp3) is 0.133. The first-order valence-electron chi connectivity index (χ1n) is 6.44. The lowest BCUT2D eigenvalue weighted by Gasteiger charge is -2.11. The van der Waals surface area contributed by atoms with Gasteiger partial charge in [-0.1, -0.05) is 29.8 Å². The summed E-state index contributed by atoms with van der Waals surface area (Å²) in [6, 6.07) is 13.2. The molecule has 0 spiro atoms. The molecule has 0 saturated heterocycles. The fourth-order valence-electron chi connectivity index (χ4n) is 1.87. The van der Waals surface area contributed by atoms with E-state index in [1.165, 1.54) is 6.07 Å². The molecule has 2 rings (SSSR count). The van der Waals surface area contributed by atoms with E-state index in [1.54, 1.807) is 42.5 Å². The number of hydrogen-bond acceptors (Lipinski definition) is 4. The summed E-state index contributed by atoms with van der Waals surface area (Å²) in [5.74, 6) is -0.351. The lowest BCUT2D eigenvalue weighted by molar-refractivity contribution is -0.114. The second kappa shape index (κ2) is 6.81. The summed E-state index contributed by atoms with van der Waals surface area (Å²) in [4.78, 5) is 12.0. The van der Waals surface area contributed by atoms with Gasteiger partial charge < -0.3 is 10.6 Å². The van der Waals surface area contributed by atoms with Gasteiger partial charge in [0.1, 0.15) is 0 Å². The summed E-state index contributed by atoms with van der Waals surface area (Å²) in [6.45, 7) is -0.00155. The maximum atomic E-state index is 11.9. The van der Waals surface area contributed by atoms with Gasteiger partial charge in [-0.3, -0.25) is 4.79 Å². The number of nitrogens with one attached hydrogen (secondary N) is 2. The van der Waals surface area contributed by atoms with Crippen LogP contribution in [0.3, 0.4) is 0 Å². The quantitative estimate of drug-likeness (QED) is 0.879. The highest BCUT2D eigenvalue weighted by Gasteiger charge is 2.14. The molecule has 0 heterocycles. The number of anilines is 2. The number of benzene rings is 2. The van der Waals surface area contributed by atoms with Gasteiger partial charge in [0.05, 0.1) is 17.1 Å². The number of para-hydroxylation sites is 1. The van der Waals surface area contributed by atoms with Crippen LogP contribution in [0.15, 0.2) is 53.4 Å². The van der Waals surface area contributed by atoms with Crippen LogP contribution in [0.2, 0.25) is 5.02 Å². The van der Waals surface area contributed by atoms with Gasteiger partial charge in [-0.05, 0) is 30.3 Å². The minimum Gasteiger partial charge on any atom is -0.376 e. The van der Waals surface area contributed by atoms with Crippen LogP contribution in [0.5, 0.6) is 0 Å². The third-order valence-corrected chi connectivity index (χ3v) is 4.23. The first-order valence-corrected chi connectivity index (χ1v) is 8.71. The van der Waals surface area contributed by atoms with Crippen molar-refractivity contribution >= 4 is 38.7 Å². The van der Waals surface area contributed by atoms with E-state index in [9.17, 15) is 13.2 Å². The summed E-state index contributed by atoms with van der Waals surface area (Å²) in [5.41, 5.74) is 0.974. The monoisotopic (exact) mass is 338 g/mol. The second-order valence-corrected chi connectivity index (χ2v) is 7.10. The Labute approximate surface area is 134 Å². The molecular weight excluding hydrogens is 324 g/mol. The molecule has 116 valence electrons. The molecule has 0 bridgehead atoms. The molecule has 0 aliphatic heterocycles. The SMILES string of the molecule is CS(=O)(=O)c1ccccc1NC(=O)CNc1cccc(Cl)c1. The molecule has 0 saturated carbocycles. The van der Waals surface area contributed by atoms with Crippen LogP contribution < -0.4 is 10.6 Å². The van der Waals surface area contributed by atoms with E-state index < -0.39 is 9.84 Å². The van der Waals surface area contributed by atoms with Crippen LogP contribution in [0, 0.1) is 0 Å². The summed E-state index contributed by atoms with van der Waals surface area (Å²) < 4.78 is 23.3. The van der Waals surface area contributed by atoms with Crippen LogP contribution in [0.25, 0.3) is 0 Å². The van der Waals surface area contributed by atoms with Gasteiger partial charge in [0.25, 0.3) is 0 Å². The lowest BCUT2D eigenvalue weighted by atomic mass is 10.3. The molecule has 22 heavy (non-hydrogen) atoms. The summed E-state index contributed by atoms with van der Waals surface area (Å²) in [6.07, 6.45) is 1.10. The Morgan fingerprint density at radius 3 is 2.55 bits per heavy atom. The molecule has 2 aromatic carbocycles. The van der Waals surface area contributed by atoms with Gasteiger partial charge in [0, 0.05) is 17.0 Å². The highest BCUT2D eigenvalue weighted by atomic mass is 35.5. The van der Waals surface area contributed by atoms with Crippen LogP contribution in [-0.2, 0) is 14.6 Å². The first-order chi connectivity index (χ1) is 10.4. The molecule has 1 amide bonds. The van der Waals surface area contributed by atoms with Crippen LogP contribution in [0.1, 0.15) is 0 Å². The number of carbonyl (C=O) groups is 1. The van der Waals surface area contributed by atoms with Gasteiger partial charge in [0.2, 0.25) is 5.91 Å².